The van der Waals surface area contributed by atoms with Gasteiger partial charge in [0.2, 0.25) is 4.77 Å². The highest BCUT2D eigenvalue weighted by Crippen LogP contribution is 2.30. The van der Waals surface area contributed by atoms with Gasteiger partial charge >= 0.3 is 0 Å². The molecule has 3 aromatic rings. The Morgan fingerprint density at radius 3 is 2.91 bits per heavy atom. The number of aromatic amines is 1. The molecule has 0 aliphatic heterocycles. The lowest BCUT2D eigenvalue weighted by molar-refractivity contribution is 0.471. The number of phenols is 1. The SMILES string of the molecule is Oc1c(Br)cc(Br)cc1/C=N/n1c(-c2cccnc2)n[nH]c1=S. The summed E-state index contributed by atoms with van der Waals surface area (Å²) in [4.78, 5) is 4.06. The molecule has 3 rings (SSSR count). The Morgan fingerprint density at radius 2 is 2.17 bits per heavy atom. The summed E-state index contributed by atoms with van der Waals surface area (Å²) in [7, 11) is 0. The van der Waals surface area contributed by atoms with Gasteiger partial charge in [-0.15, -0.1) is 0 Å². The van der Waals surface area contributed by atoms with E-state index in [0.717, 1.165) is 10.0 Å². The number of hydrogen-bond donors (Lipinski definition) is 2. The lowest BCUT2D eigenvalue weighted by atomic mass is 10.2. The van der Waals surface area contributed by atoms with Crippen molar-refractivity contribution < 1.29 is 5.11 Å². The minimum absolute atomic E-state index is 0.0925. The number of pyridine rings is 1. The molecule has 6 nitrogen and oxygen atoms in total. The van der Waals surface area contributed by atoms with E-state index in [0.29, 0.717) is 20.6 Å². The molecule has 0 fully saturated rings. The van der Waals surface area contributed by atoms with Gasteiger partial charge in [0.15, 0.2) is 5.82 Å². The zero-order valence-corrected chi connectivity index (χ0v) is 15.4. The fourth-order valence-corrected chi connectivity index (χ4v) is 3.32. The standard InChI is InChI=1S/C14H9Br2N5OS/c15-10-4-9(12(22)11(16)5-10)7-18-21-13(19-20-14(21)23)8-2-1-3-17-6-8/h1-7,22H,(H,20,23)/b18-7+. The Kier molecular flexibility index (Phi) is 4.69. The number of aromatic nitrogens is 4. The molecular formula is C14H9Br2N5OS. The number of aromatic hydroxyl groups is 1. The molecule has 0 spiro atoms. The third-order valence-corrected chi connectivity index (χ3v) is 4.27. The molecule has 2 N–H and O–H groups in total. The van der Waals surface area contributed by atoms with Crippen LogP contribution in [0.15, 0.2) is 50.7 Å². The highest BCUT2D eigenvalue weighted by Gasteiger charge is 2.09. The average molecular weight is 455 g/mol. The van der Waals surface area contributed by atoms with Crippen LogP contribution in [0.4, 0.5) is 0 Å². The van der Waals surface area contributed by atoms with E-state index >= 15 is 0 Å². The summed E-state index contributed by atoms with van der Waals surface area (Å²) in [6.07, 6.45) is 4.86. The lowest BCUT2D eigenvalue weighted by Gasteiger charge is -2.03. The second-order valence-electron chi connectivity index (χ2n) is 4.48. The number of rotatable bonds is 3. The Balaban J connectivity index is 2.05. The number of benzene rings is 1. The van der Waals surface area contributed by atoms with E-state index in [9.17, 15) is 5.11 Å². The summed E-state index contributed by atoms with van der Waals surface area (Å²) >= 11 is 11.9. The van der Waals surface area contributed by atoms with Crippen LogP contribution in [0.5, 0.6) is 5.75 Å². The molecule has 0 saturated heterocycles. The van der Waals surface area contributed by atoms with Gasteiger partial charge in [0.25, 0.3) is 0 Å². The zero-order valence-electron chi connectivity index (χ0n) is 11.4. The Morgan fingerprint density at radius 1 is 1.35 bits per heavy atom. The maximum absolute atomic E-state index is 10.1. The molecule has 23 heavy (non-hydrogen) atoms. The lowest BCUT2D eigenvalue weighted by Crippen LogP contribution is -1.95. The van der Waals surface area contributed by atoms with Crippen LogP contribution >= 0.6 is 44.1 Å². The average Bonchev–Trinajstić information content (AvgIpc) is 2.91. The van der Waals surface area contributed by atoms with Crippen LogP contribution < -0.4 is 0 Å². The van der Waals surface area contributed by atoms with E-state index in [1.54, 1.807) is 30.6 Å². The number of nitrogens with one attached hydrogen (secondary N) is 1. The van der Waals surface area contributed by atoms with Gasteiger partial charge < -0.3 is 5.11 Å². The molecule has 0 aliphatic rings. The minimum Gasteiger partial charge on any atom is -0.506 e. The van der Waals surface area contributed by atoms with Crippen LogP contribution in [0.3, 0.4) is 0 Å². The van der Waals surface area contributed by atoms with Gasteiger partial charge in [-0.2, -0.15) is 14.9 Å². The summed E-state index contributed by atoms with van der Waals surface area (Å²) in [5.74, 6) is 0.628. The Bertz CT molecular complexity index is 936. The predicted octanol–water partition coefficient (Wildman–Crippen LogP) is 4.12. The maximum atomic E-state index is 10.1. The van der Waals surface area contributed by atoms with Crippen molar-refractivity contribution in [2.75, 3.05) is 0 Å². The van der Waals surface area contributed by atoms with Crippen molar-refractivity contribution in [3.05, 3.63) is 55.9 Å². The van der Waals surface area contributed by atoms with Gasteiger partial charge in [0, 0.05) is 28.0 Å². The number of hydrogen-bond acceptors (Lipinski definition) is 5. The van der Waals surface area contributed by atoms with Gasteiger partial charge in [-0.25, -0.2) is 5.10 Å². The molecule has 0 amide bonds. The first-order chi connectivity index (χ1) is 11.1. The number of phenolic OH excluding ortho intramolecular Hbond substituents is 1. The molecule has 9 heteroatoms. The van der Waals surface area contributed by atoms with E-state index in [1.807, 2.05) is 6.07 Å². The molecule has 1 aromatic carbocycles. The van der Waals surface area contributed by atoms with Crippen LogP contribution in [0.25, 0.3) is 11.4 Å². The summed E-state index contributed by atoms with van der Waals surface area (Å²) in [5, 5.41) is 21.3. The second kappa shape index (κ2) is 6.73. The Labute approximate surface area is 153 Å². The van der Waals surface area contributed by atoms with E-state index in [-0.39, 0.29) is 5.75 Å². The zero-order chi connectivity index (χ0) is 16.4. The Hall–Kier alpha value is -1.84. The van der Waals surface area contributed by atoms with Crippen molar-refractivity contribution in [3.8, 4) is 17.1 Å². The van der Waals surface area contributed by atoms with Gasteiger partial charge in [0.05, 0.1) is 10.7 Å². The number of nitrogens with zero attached hydrogens (tertiary/aromatic N) is 4. The van der Waals surface area contributed by atoms with E-state index in [4.69, 9.17) is 12.2 Å². The highest BCUT2D eigenvalue weighted by atomic mass is 79.9. The molecule has 0 aliphatic carbocycles. The van der Waals surface area contributed by atoms with Crippen LogP contribution in [0, 0.1) is 4.77 Å². The fourth-order valence-electron chi connectivity index (χ4n) is 1.88. The second-order valence-corrected chi connectivity index (χ2v) is 6.63. The normalized spacial score (nSPS) is 11.2. The molecule has 0 saturated carbocycles. The molecule has 2 aromatic heterocycles. The van der Waals surface area contributed by atoms with Crippen molar-refractivity contribution in [2.45, 2.75) is 0 Å². The molecule has 2 heterocycles. The highest BCUT2D eigenvalue weighted by molar-refractivity contribution is 9.11. The molecule has 0 radical (unpaired) electrons. The number of halogens is 2. The smallest absolute Gasteiger partial charge is 0.216 e. The van der Waals surface area contributed by atoms with E-state index in [1.165, 1.54) is 10.9 Å². The van der Waals surface area contributed by atoms with Crippen LogP contribution in [-0.4, -0.2) is 31.2 Å². The van der Waals surface area contributed by atoms with Crippen molar-refractivity contribution in [3.63, 3.8) is 0 Å². The molecule has 116 valence electrons. The van der Waals surface area contributed by atoms with Crippen LogP contribution in [0.1, 0.15) is 5.56 Å². The molecule has 0 unspecified atom stereocenters. The molecule has 0 bridgehead atoms. The summed E-state index contributed by atoms with van der Waals surface area (Å²) in [6, 6.07) is 7.16. The van der Waals surface area contributed by atoms with Crippen molar-refractivity contribution in [2.24, 2.45) is 5.10 Å². The predicted molar refractivity (Wildman–Crippen MR) is 97.1 cm³/mol. The quantitative estimate of drug-likeness (QED) is 0.461. The third kappa shape index (κ3) is 3.41. The third-order valence-electron chi connectivity index (χ3n) is 2.94. The maximum Gasteiger partial charge on any atom is 0.216 e. The summed E-state index contributed by atoms with van der Waals surface area (Å²) < 4.78 is 3.19. The first kappa shape index (κ1) is 16.0. The van der Waals surface area contributed by atoms with Crippen molar-refractivity contribution >= 4 is 50.3 Å². The minimum atomic E-state index is 0.0925. The van der Waals surface area contributed by atoms with E-state index in [2.05, 4.69) is 52.1 Å². The topological polar surface area (TPSA) is 79.1 Å². The van der Waals surface area contributed by atoms with Gasteiger partial charge in [-0.3, -0.25) is 4.98 Å². The van der Waals surface area contributed by atoms with Crippen LogP contribution in [-0.2, 0) is 0 Å². The first-order valence-corrected chi connectivity index (χ1v) is 8.36. The molecular weight excluding hydrogens is 446 g/mol. The van der Waals surface area contributed by atoms with E-state index < -0.39 is 0 Å². The largest absolute Gasteiger partial charge is 0.506 e. The van der Waals surface area contributed by atoms with Gasteiger partial charge in [-0.1, -0.05) is 15.9 Å². The monoisotopic (exact) mass is 453 g/mol. The first-order valence-electron chi connectivity index (χ1n) is 6.36. The summed E-state index contributed by atoms with van der Waals surface area (Å²) in [6.45, 7) is 0. The van der Waals surface area contributed by atoms with Gasteiger partial charge in [0.1, 0.15) is 5.75 Å². The van der Waals surface area contributed by atoms with Gasteiger partial charge in [-0.05, 0) is 52.4 Å². The van der Waals surface area contributed by atoms with Crippen molar-refractivity contribution in [1.82, 2.24) is 19.9 Å². The van der Waals surface area contributed by atoms with Crippen LogP contribution in [0.2, 0.25) is 0 Å². The van der Waals surface area contributed by atoms with Crippen molar-refractivity contribution in [1.29, 1.82) is 0 Å². The summed E-state index contributed by atoms with van der Waals surface area (Å²) in [5.41, 5.74) is 1.31. The fraction of sp³-hybridized carbons (Fsp3) is 0. The number of H-pyrrole nitrogens is 1. The molecule has 0 atom stereocenters.